The highest BCUT2D eigenvalue weighted by molar-refractivity contribution is 5.99. The third-order valence-corrected chi connectivity index (χ3v) is 4.87. The summed E-state index contributed by atoms with van der Waals surface area (Å²) < 4.78 is 32.9. The fourth-order valence-corrected chi connectivity index (χ4v) is 3.42. The number of nitrogens with zero attached hydrogens (tertiary/aromatic N) is 4. The summed E-state index contributed by atoms with van der Waals surface area (Å²) in [5.41, 5.74) is 0.493. The first-order chi connectivity index (χ1) is 13.6. The molecule has 2 aliphatic rings. The zero-order valence-electron chi connectivity index (χ0n) is 16.0. The average molecular weight is 390 g/mol. The van der Waals surface area contributed by atoms with E-state index in [0.717, 1.165) is 6.42 Å². The number of ether oxygens (including phenoxy) is 3. The van der Waals surface area contributed by atoms with Crippen molar-refractivity contribution in [2.75, 3.05) is 37.8 Å². The molecular weight excluding hydrogens is 367 g/mol. The van der Waals surface area contributed by atoms with Gasteiger partial charge in [0.15, 0.2) is 0 Å². The van der Waals surface area contributed by atoms with Gasteiger partial charge in [-0.25, -0.2) is 14.5 Å². The van der Waals surface area contributed by atoms with Gasteiger partial charge in [-0.1, -0.05) is 0 Å². The lowest BCUT2D eigenvalue weighted by Crippen LogP contribution is -2.36. The van der Waals surface area contributed by atoms with E-state index < -0.39 is 11.9 Å². The van der Waals surface area contributed by atoms with E-state index in [0.29, 0.717) is 44.5 Å². The lowest BCUT2D eigenvalue weighted by Gasteiger charge is -2.27. The second-order valence-electron chi connectivity index (χ2n) is 6.80. The number of aromatic nitrogens is 3. The van der Waals surface area contributed by atoms with Gasteiger partial charge in [0, 0.05) is 26.1 Å². The first-order valence-electron chi connectivity index (χ1n) is 9.52. The van der Waals surface area contributed by atoms with Crippen molar-refractivity contribution in [3.05, 3.63) is 23.6 Å². The van der Waals surface area contributed by atoms with Crippen molar-refractivity contribution >= 4 is 11.8 Å². The molecule has 0 saturated carbocycles. The maximum absolute atomic E-state index is 15.0. The van der Waals surface area contributed by atoms with E-state index in [1.54, 1.807) is 23.7 Å². The largest absolute Gasteiger partial charge is 0.474 e. The maximum atomic E-state index is 15.0. The van der Waals surface area contributed by atoms with E-state index in [1.165, 1.54) is 0 Å². The molecule has 4 rings (SSSR count). The van der Waals surface area contributed by atoms with E-state index in [4.69, 9.17) is 14.2 Å². The number of carbonyl (C=O) groups excluding carboxylic acids is 1. The second kappa shape index (κ2) is 7.75. The van der Waals surface area contributed by atoms with Crippen LogP contribution in [0, 0.1) is 5.95 Å². The fourth-order valence-electron chi connectivity index (χ4n) is 3.42. The van der Waals surface area contributed by atoms with Gasteiger partial charge in [-0.15, -0.1) is 0 Å². The molecule has 9 heteroatoms. The Morgan fingerprint density at radius 3 is 2.82 bits per heavy atom. The highest BCUT2D eigenvalue weighted by Crippen LogP contribution is 2.36. The first-order valence-corrected chi connectivity index (χ1v) is 9.52. The summed E-state index contributed by atoms with van der Waals surface area (Å²) in [6, 6.07) is 3.34. The molecule has 2 aromatic heterocycles. The Balaban J connectivity index is 1.75. The number of morpholine rings is 1. The summed E-state index contributed by atoms with van der Waals surface area (Å²) in [7, 11) is 0. The van der Waals surface area contributed by atoms with E-state index >= 15 is 0 Å². The minimum absolute atomic E-state index is 0.0584. The maximum Gasteiger partial charge on any atom is 0.345 e. The second-order valence-corrected chi connectivity index (χ2v) is 6.80. The lowest BCUT2D eigenvalue weighted by molar-refractivity contribution is 0.0515. The molecule has 2 aliphatic heterocycles. The molecule has 8 nitrogen and oxygen atoms in total. The van der Waals surface area contributed by atoms with Crippen LogP contribution < -0.4 is 9.64 Å². The number of pyridine rings is 1. The summed E-state index contributed by atoms with van der Waals surface area (Å²) in [4.78, 5) is 18.6. The lowest BCUT2D eigenvalue weighted by atomic mass is 10.1. The molecule has 1 saturated heterocycles. The Hall–Kier alpha value is -2.68. The average Bonchev–Trinajstić information content (AvgIpc) is 3.07. The van der Waals surface area contributed by atoms with Crippen molar-refractivity contribution in [3.63, 3.8) is 0 Å². The summed E-state index contributed by atoms with van der Waals surface area (Å²) in [6.07, 6.45) is 0.699. The molecule has 1 fully saturated rings. The highest BCUT2D eigenvalue weighted by atomic mass is 19.1. The smallest absolute Gasteiger partial charge is 0.345 e. The van der Waals surface area contributed by atoms with Crippen molar-refractivity contribution in [3.8, 4) is 17.1 Å². The van der Waals surface area contributed by atoms with E-state index in [-0.39, 0.29) is 29.5 Å². The molecule has 0 unspecified atom stereocenters. The molecule has 0 bridgehead atoms. The SMILES string of the molecule is CCOC(=O)c1c(-c2ccc(N3CCOCC3)nc2F)nn2c1O[C@H](C)CC2. The Kier molecular flexibility index (Phi) is 5.17. The van der Waals surface area contributed by atoms with E-state index in [2.05, 4.69) is 10.1 Å². The third-order valence-electron chi connectivity index (χ3n) is 4.87. The predicted octanol–water partition coefficient (Wildman–Crippen LogP) is 2.27. The summed E-state index contributed by atoms with van der Waals surface area (Å²) in [5, 5.41) is 4.44. The number of hydrogen-bond donors (Lipinski definition) is 0. The molecule has 1 atom stereocenters. The molecule has 4 heterocycles. The Morgan fingerprint density at radius 2 is 2.11 bits per heavy atom. The molecule has 150 valence electrons. The normalized spacial score (nSPS) is 19.1. The number of rotatable bonds is 4. The standard InChI is InChI=1S/C19H23FN4O4/c1-3-27-19(25)15-16(22-24-7-6-12(2)28-18(15)24)13-4-5-14(21-17(13)20)23-8-10-26-11-9-23/h4-5,12H,3,6-11H2,1-2H3/t12-/m1/s1. The zero-order chi connectivity index (χ0) is 19.7. The number of halogens is 1. The van der Waals surface area contributed by atoms with E-state index in [9.17, 15) is 9.18 Å². The number of aryl methyl sites for hydroxylation is 1. The van der Waals surface area contributed by atoms with Gasteiger partial charge in [-0.2, -0.15) is 9.49 Å². The van der Waals surface area contributed by atoms with Crippen LogP contribution in [0.15, 0.2) is 12.1 Å². The van der Waals surface area contributed by atoms with E-state index in [1.807, 2.05) is 11.8 Å². The van der Waals surface area contributed by atoms with Crippen molar-refractivity contribution in [2.24, 2.45) is 0 Å². The molecule has 0 aliphatic carbocycles. The molecule has 0 aromatic carbocycles. The predicted molar refractivity (Wildman–Crippen MR) is 99.1 cm³/mol. The van der Waals surface area contributed by atoms with Crippen molar-refractivity contribution in [1.29, 1.82) is 0 Å². The van der Waals surface area contributed by atoms with Crippen LogP contribution in [-0.2, 0) is 16.0 Å². The van der Waals surface area contributed by atoms with Crippen molar-refractivity contribution in [1.82, 2.24) is 14.8 Å². The zero-order valence-corrected chi connectivity index (χ0v) is 16.0. The Labute approximate surface area is 162 Å². The monoisotopic (exact) mass is 390 g/mol. The van der Waals surface area contributed by atoms with Crippen molar-refractivity contribution in [2.45, 2.75) is 32.9 Å². The Morgan fingerprint density at radius 1 is 1.32 bits per heavy atom. The van der Waals surface area contributed by atoms with Gasteiger partial charge in [-0.05, 0) is 26.0 Å². The third kappa shape index (κ3) is 3.42. The molecule has 0 spiro atoms. The van der Waals surface area contributed by atoms with Crippen LogP contribution >= 0.6 is 0 Å². The molecular formula is C19H23FN4O4. The molecule has 0 amide bonds. The van der Waals surface area contributed by atoms with Gasteiger partial charge in [0.25, 0.3) is 0 Å². The summed E-state index contributed by atoms with van der Waals surface area (Å²) >= 11 is 0. The quantitative estimate of drug-likeness (QED) is 0.585. The van der Waals surface area contributed by atoms with Gasteiger partial charge < -0.3 is 19.1 Å². The minimum atomic E-state index is -0.682. The summed E-state index contributed by atoms with van der Waals surface area (Å²) in [6.45, 7) is 6.91. The van der Waals surface area contributed by atoms with Gasteiger partial charge in [0.2, 0.25) is 11.8 Å². The highest BCUT2D eigenvalue weighted by Gasteiger charge is 2.32. The van der Waals surface area contributed by atoms with Crippen LogP contribution in [0.2, 0.25) is 0 Å². The number of fused-ring (bicyclic) bond motifs is 1. The van der Waals surface area contributed by atoms with Crippen LogP contribution in [0.4, 0.5) is 10.2 Å². The number of carbonyl (C=O) groups is 1. The molecule has 2 aromatic rings. The van der Waals surface area contributed by atoms with Gasteiger partial charge in [0.1, 0.15) is 17.1 Å². The molecule has 28 heavy (non-hydrogen) atoms. The van der Waals surface area contributed by atoms with Gasteiger partial charge in [-0.3, -0.25) is 0 Å². The first kappa shape index (κ1) is 18.7. The topological polar surface area (TPSA) is 78.7 Å². The number of anilines is 1. The van der Waals surface area contributed by atoms with Gasteiger partial charge >= 0.3 is 5.97 Å². The number of esters is 1. The van der Waals surface area contributed by atoms with Crippen molar-refractivity contribution < 1.29 is 23.4 Å². The van der Waals surface area contributed by atoms with Gasteiger partial charge in [0.05, 0.1) is 31.5 Å². The van der Waals surface area contributed by atoms with Crippen LogP contribution in [0.5, 0.6) is 5.88 Å². The molecule has 0 N–H and O–H groups in total. The number of hydrogen-bond acceptors (Lipinski definition) is 7. The van der Waals surface area contributed by atoms with Crippen LogP contribution in [0.1, 0.15) is 30.6 Å². The fraction of sp³-hybridized carbons (Fsp3) is 0.526. The Bertz CT molecular complexity index is 879. The minimum Gasteiger partial charge on any atom is -0.474 e. The van der Waals surface area contributed by atoms with Crippen LogP contribution in [0.25, 0.3) is 11.3 Å². The van der Waals surface area contributed by atoms with Crippen LogP contribution in [0.3, 0.4) is 0 Å². The summed E-state index contributed by atoms with van der Waals surface area (Å²) in [5.74, 6) is -0.400. The van der Waals surface area contributed by atoms with Crippen LogP contribution in [-0.4, -0.2) is 59.7 Å². The molecule has 0 radical (unpaired) electrons.